The number of rotatable bonds is 2. The zero-order chi connectivity index (χ0) is 17.2. The monoisotopic (exact) mass is 320 g/mol. The van der Waals surface area contributed by atoms with Crippen molar-refractivity contribution in [2.75, 3.05) is 14.2 Å². The molecule has 0 radical (unpaired) electrons. The summed E-state index contributed by atoms with van der Waals surface area (Å²) < 4.78 is 5.46. The van der Waals surface area contributed by atoms with E-state index in [0.29, 0.717) is 13.0 Å². The molecule has 0 saturated carbocycles. The minimum atomic E-state index is -0.635. The summed E-state index contributed by atoms with van der Waals surface area (Å²) in [5, 5.41) is 1.15. The average molecular weight is 320 g/mol. The number of amides is 2. The number of hydrogen-bond donors (Lipinski definition) is 0. The first-order valence-electron chi connectivity index (χ1n) is 7.61. The normalized spacial score (nSPS) is 17.4. The SMILES string of the molecule is CON(C)C(=O)C1Cc2ccccc2CN1C(=O)OC(C)(C)C. The number of carbonyl (C=O) groups excluding carboxylic acids is 2. The van der Waals surface area contributed by atoms with Gasteiger partial charge in [0, 0.05) is 13.5 Å². The first kappa shape index (κ1) is 17.3. The molecule has 1 aromatic rings. The fourth-order valence-corrected chi connectivity index (χ4v) is 2.56. The van der Waals surface area contributed by atoms with Crippen LogP contribution in [0.3, 0.4) is 0 Å². The second kappa shape index (κ2) is 6.58. The molecule has 1 heterocycles. The van der Waals surface area contributed by atoms with Gasteiger partial charge in [-0.2, -0.15) is 0 Å². The highest BCUT2D eigenvalue weighted by molar-refractivity contribution is 5.86. The van der Waals surface area contributed by atoms with Gasteiger partial charge < -0.3 is 4.74 Å². The standard InChI is InChI=1S/C17H24N2O4/c1-17(2,3)23-16(21)19-11-13-9-7-6-8-12(13)10-14(19)15(20)18(4)22-5/h6-9,14H,10-11H2,1-5H3. The van der Waals surface area contributed by atoms with Crippen molar-refractivity contribution >= 4 is 12.0 Å². The largest absolute Gasteiger partial charge is 0.444 e. The molecule has 1 aromatic carbocycles. The van der Waals surface area contributed by atoms with E-state index in [1.165, 1.54) is 19.1 Å². The average Bonchev–Trinajstić information content (AvgIpc) is 2.50. The van der Waals surface area contributed by atoms with Crippen molar-refractivity contribution in [1.82, 2.24) is 9.96 Å². The van der Waals surface area contributed by atoms with Gasteiger partial charge >= 0.3 is 6.09 Å². The van der Waals surface area contributed by atoms with Crippen LogP contribution in [0.4, 0.5) is 4.79 Å². The van der Waals surface area contributed by atoms with Gasteiger partial charge in [0.05, 0.1) is 13.7 Å². The van der Waals surface area contributed by atoms with Gasteiger partial charge in [0.25, 0.3) is 5.91 Å². The summed E-state index contributed by atoms with van der Waals surface area (Å²) in [5.41, 5.74) is 1.48. The lowest BCUT2D eigenvalue weighted by atomic mass is 9.94. The molecular formula is C17H24N2O4. The van der Waals surface area contributed by atoms with Crippen LogP contribution in [0.25, 0.3) is 0 Å². The van der Waals surface area contributed by atoms with Crippen LogP contribution in [0, 0.1) is 0 Å². The Hall–Kier alpha value is -2.08. The lowest BCUT2D eigenvalue weighted by Crippen LogP contribution is -2.53. The Balaban J connectivity index is 2.31. The summed E-state index contributed by atoms with van der Waals surface area (Å²) in [6, 6.07) is 7.17. The summed E-state index contributed by atoms with van der Waals surface area (Å²) >= 11 is 0. The van der Waals surface area contributed by atoms with Gasteiger partial charge in [-0.1, -0.05) is 24.3 Å². The van der Waals surface area contributed by atoms with Crippen LogP contribution < -0.4 is 0 Å². The summed E-state index contributed by atoms with van der Waals surface area (Å²) in [5.74, 6) is -0.270. The van der Waals surface area contributed by atoms with Crippen LogP contribution in [0.15, 0.2) is 24.3 Å². The third kappa shape index (κ3) is 4.01. The second-order valence-corrected chi connectivity index (χ2v) is 6.62. The van der Waals surface area contributed by atoms with Crippen molar-refractivity contribution < 1.29 is 19.2 Å². The molecule has 1 atom stereocenters. The molecule has 2 rings (SSSR count). The number of carbonyl (C=O) groups is 2. The van der Waals surface area contributed by atoms with E-state index in [1.54, 1.807) is 20.8 Å². The third-order valence-electron chi connectivity index (χ3n) is 3.75. The third-order valence-corrected chi connectivity index (χ3v) is 3.75. The fourth-order valence-electron chi connectivity index (χ4n) is 2.56. The van der Waals surface area contributed by atoms with E-state index in [0.717, 1.165) is 16.2 Å². The Labute approximate surface area is 136 Å². The first-order chi connectivity index (χ1) is 10.7. The number of fused-ring (bicyclic) bond motifs is 1. The molecule has 1 aliphatic heterocycles. The maximum atomic E-state index is 12.6. The molecule has 6 heteroatoms. The van der Waals surface area contributed by atoms with Crippen LogP contribution in [-0.4, -0.2) is 47.8 Å². The van der Waals surface area contributed by atoms with Crippen LogP contribution >= 0.6 is 0 Å². The van der Waals surface area contributed by atoms with E-state index < -0.39 is 17.7 Å². The number of hydrogen-bond acceptors (Lipinski definition) is 4. The molecule has 1 aliphatic rings. The van der Waals surface area contributed by atoms with E-state index in [9.17, 15) is 9.59 Å². The van der Waals surface area contributed by atoms with Crippen molar-refractivity contribution in [2.45, 2.75) is 45.4 Å². The summed E-state index contributed by atoms with van der Waals surface area (Å²) in [6.07, 6.45) is -0.0445. The summed E-state index contributed by atoms with van der Waals surface area (Å²) in [7, 11) is 2.96. The fraction of sp³-hybridized carbons (Fsp3) is 0.529. The number of nitrogens with zero attached hydrogens (tertiary/aromatic N) is 2. The van der Waals surface area contributed by atoms with E-state index in [2.05, 4.69) is 0 Å². The summed E-state index contributed by atoms with van der Waals surface area (Å²) in [6.45, 7) is 5.77. The number of likely N-dealkylation sites (N-methyl/N-ethyl adjacent to an activating group) is 1. The zero-order valence-corrected chi connectivity index (χ0v) is 14.3. The van der Waals surface area contributed by atoms with Crippen molar-refractivity contribution in [2.24, 2.45) is 0 Å². The van der Waals surface area contributed by atoms with Crippen LogP contribution in [0.5, 0.6) is 0 Å². The van der Waals surface area contributed by atoms with E-state index in [1.807, 2.05) is 24.3 Å². The molecule has 6 nitrogen and oxygen atoms in total. The van der Waals surface area contributed by atoms with Crippen LogP contribution in [0.1, 0.15) is 31.9 Å². The molecule has 0 aliphatic carbocycles. The van der Waals surface area contributed by atoms with Gasteiger partial charge in [0.1, 0.15) is 11.6 Å². The second-order valence-electron chi connectivity index (χ2n) is 6.62. The minimum Gasteiger partial charge on any atom is -0.444 e. The van der Waals surface area contributed by atoms with Gasteiger partial charge in [-0.05, 0) is 31.9 Å². The molecule has 0 aromatic heterocycles. The van der Waals surface area contributed by atoms with Crippen molar-refractivity contribution in [3.05, 3.63) is 35.4 Å². The lowest BCUT2D eigenvalue weighted by Gasteiger charge is -2.37. The Kier molecular flexibility index (Phi) is 4.94. The lowest BCUT2D eigenvalue weighted by molar-refractivity contribution is -0.174. The highest BCUT2D eigenvalue weighted by atomic mass is 16.7. The molecule has 0 N–H and O–H groups in total. The Morgan fingerprint density at radius 1 is 1.22 bits per heavy atom. The van der Waals surface area contributed by atoms with Gasteiger partial charge in [0.2, 0.25) is 0 Å². The highest BCUT2D eigenvalue weighted by Gasteiger charge is 2.38. The van der Waals surface area contributed by atoms with Gasteiger partial charge in [-0.25, -0.2) is 9.86 Å². The predicted octanol–water partition coefficient (Wildman–Crippen LogP) is 2.37. The van der Waals surface area contributed by atoms with E-state index in [4.69, 9.17) is 9.57 Å². The first-order valence-corrected chi connectivity index (χ1v) is 7.61. The quantitative estimate of drug-likeness (QED) is 0.785. The number of benzene rings is 1. The molecule has 126 valence electrons. The van der Waals surface area contributed by atoms with Crippen LogP contribution in [-0.2, 0) is 27.3 Å². The molecule has 0 fully saturated rings. The highest BCUT2D eigenvalue weighted by Crippen LogP contribution is 2.26. The van der Waals surface area contributed by atoms with Crippen molar-refractivity contribution in [3.8, 4) is 0 Å². The van der Waals surface area contributed by atoms with Crippen molar-refractivity contribution in [3.63, 3.8) is 0 Å². The molecular weight excluding hydrogens is 296 g/mol. The molecule has 1 unspecified atom stereocenters. The predicted molar refractivity (Wildman–Crippen MR) is 85.5 cm³/mol. The maximum absolute atomic E-state index is 12.6. The molecule has 0 saturated heterocycles. The van der Waals surface area contributed by atoms with Crippen molar-refractivity contribution in [1.29, 1.82) is 0 Å². The van der Waals surface area contributed by atoms with Gasteiger partial charge in [0.15, 0.2) is 0 Å². The molecule has 23 heavy (non-hydrogen) atoms. The summed E-state index contributed by atoms with van der Waals surface area (Å²) in [4.78, 5) is 31.6. The zero-order valence-electron chi connectivity index (χ0n) is 14.3. The van der Waals surface area contributed by atoms with Gasteiger partial charge in [-0.3, -0.25) is 14.5 Å². The van der Waals surface area contributed by atoms with E-state index in [-0.39, 0.29) is 5.91 Å². The van der Waals surface area contributed by atoms with Crippen LogP contribution in [0.2, 0.25) is 0 Å². The number of hydroxylamine groups is 2. The van der Waals surface area contributed by atoms with E-state index >= 15 is 0 Å². The van der Waals surface area contributed by atoms with Gasteiger partial charge in [-0.15, -0.1) is 0 Å². The molecule has 2 amide bonds. The Morgan fingerprint density at radius 3 is 2.39 bits per heavy atom. The molecule has 0 spiro atoms. The smallest absolute Gasteiger partial charge is 0.411 e. The maximum Gasteiger partial charge on any atom is 0.411 e. The Bertz CT molecular complexity index is 595. The number of ether oxygens (including phenoxy) is 1. The Morgan fingerprint density at radius 2 is 1.83 bits per heavy atom. The minimum absolute atomic E-state index is 0.270. The topological polar surface area (TPSA) is 59.1 Å². The molecule has 0 bridgehead atoms.